The van der Waals surface area contributed by atoms with Crippen LogP contribution >= 0.6 is 0 Å². The summed E-state index contributed by atoms with van der Waals surface area (Å²) in [5.74, 6) is -0.625. The van der Waals surface area contributed by atoms with Crippen LogP contribution in [-0.2, 0) is 6.54 Å². The second-order valence-corrected chi connectivity index (χ2v) is 5.71. The molecule has 0 aliphatic carbocycles. The van der Waals surface area contributed by atoms with Crippen molar-refractivity contribution in [3.8, 4) is 6.07 Å². The highest BCUT2D eigenvalue weighted by Crippen LogP contribution is 2.24. The van der Waals surface area contributed by atoms with Crippen LogP contribution in [0.2, 0.25) is 0 Å². The van der Waals surface area contributed by atoms with E-state index in [2.05, 4.69) is 6.07 Å². The third kappa shape index (κ3) is 4.62. The van der Waals surface area contributed by atoms with Gasteiger partial charge in [0, 0.05) is 25.2 Å². The summed E-state index contributed by atoms with van der Waals surface area (Å²) in [6.45, 7) is 1.07. The van der Waals surface area contributed by atoms with Crippen LogP contribution in [0.4, 0.5) is 5.69 Å². The van der Waals surface area contributed by atoms with Crippen molar-refractivity contribution in [2.24, 2.45) is 5.92 Å². The van der Waals surface area contributed by atoms with E-state index >= 15 is 0 Å². The Kier molecular flexibility index (Phi) is 6.01. The van der Waals surface area contributed by atoms with Gasteiger partial charge in [0.25, 0.3) is 5.69 Å². The number of hydrogen-bond acceptors (Lipinski definition) is 5. The van der Waals surface area contributed by atoms with E-state index in [-0.39, 0.29) is 5.69 Å². The van der Waals surface area contributed by atoms with Gasteiger partial charge >= 0.3 is 0 Å². The molecule has 0 radical (unpaired) electrons. The lowest BCUT2D eigenvalue weighted by molar-refractivity contribution is -0.384. The maximum Gasteiger partial charge on any atom is 0.269 e. The van der Waals surface area contributed by atoms with E-state index in [9.17, 15) is 20.5 Å². The summed E-state index contributed by atoms with van der Waals surface area (Å²) in [5, 5.41) is 30.5. The summed E-state index contributed by atoms with van der Waals surface area (Å²) in [6.07, 6.45) is -0.992. The van der Waals surface area contributed by atoms with Gasteiger partial charge in [-0.05, 0) is 30.3 Å². The number of non-ortho nitro benzene ring substituents is 1. The standard InChI is InChI=1S/C18H19N3O3/c1-20(12-14-5-3-2-4-6-14)13-16(11-19)18(22)15-7-9-17(10-8-15)21(23)24/h2-10,16,18,22H,12-13H2,1H3/t16-,18+/m1/s1. The van der Waals surface area contributed by atoms with Gasteiger partial charge in [-0.3, -0.25) is 10.1 Å². The number of aliphatic hydroxyl groups is 1. The van der Waals surface area contributed by atoms with Gasteiger partial charge in [0.2, 0.25) is 0 Å². The maximum absolute atomic E-state index is 10.7. The predicted molar refractivity (Wildman–Crippen MR) is 89.9 cm³/mol. The molecule has 1 N–H and O–H groups in total. The molecule has 0 aliphatic rings. The number of benzene rings is 2. The fourth-order valence-electron chi connectivity index (χ4n) is 2.53. The van der Waals surface area contributed by atoms with Gasteiger partial charge in [0.15, 0.2) is 0 Å². The third-order valence-corrected chi connectivity index (χ3v) is 3.80. The fourth-order valence-corrected chi connectivity index (χ4v) is 2.53. The van der Waals surface area contributed by atoms with E-state index in [1.807, 2.05) is 42.3 Å². The smallest absolute Gasteiger partial charge is 0.269 e. The van der Waals surface area contributed by atoms with Gasteiger partial charge < -0.3 is 10.0 Å². The summed E-state index contributed by atoms with van der Waals surface area (Å²) in [7, 11) is 1.89. The van der Waals surface area contributed by atoms with E-state index in [0.717, 1.165) is 5.56 Å². The van der Waals surface area contributed by atoms with Crippen LogP contribution in [0.5, 0.6) is 0 Å². The number of aliphatic hydroxyl groups excluding tert-OH is 1. The van der Waals surface area contributed by atoms with Gasteiger partial charge in [0.05, 0.1) is 23.0 Å². The molecule has 0 heterocycles. The zero-order valence-electron chi connectivity index (χ0n) is 13.4. The number of nitriles is 1. The Balaban J connectivity index is 2.01. The Hall–Kier alpha value is -2.75. The predicted octanol–water partition coefficient (Wildman–Crippen LogP) is 2.90. The topological polar surface area (TPSA) is 90.4 Å². The molecule has 0 spiro atoms. The van der Waals surface area contributed by atoms with Crippen molar-refractivity contribution in [2.45, 2.75) is 12.6 Å². The van der Waals surface area contributed by atoms with Crippen LogP contribution < -0.4 is 0 Å². The number of nitrogens with zero attached hydrogens (tertiary/aromatic N) is 3. The zero-order valence-corrected chi connectivity index (χ0v) is 13.4. The lowest BCUT2D eigenvalue weighted by atomic mass is 9.96. The number of rotatable bonds is 7. The van der Waals surface area contributed by atoms with Gasteiger partial charge in [-0.15, -0.1) is 0 Å². The molecule has 6 nitrogen and oxygen atoms in total. The first-order valence-electron chi connectivity index (χ1n) is 7.55. The molecule has 0 aliphatic heterocycles. The Morgan fingerprint density at radius 2 is 1.83 bits per heavy atom. The molecule has 2 atom stereocenters. The molecule has 2 aromatic rings. The van der Waals surface area contributed by atoms with Crippen LogP contribution in [0, 0.1) is 27.4 Å². The highest BCUT2D eigenvalue weighted by molar-refractivity contribution is 5.34. The molecule has 0 unspecified atom stereocenters. The quantitative estimate of drug-likeness (QED) is 0.624. The molecule has 2 aromatic carbocycles. The van der Waals surface area contributed by atoms with E-state index in [4.69, 9.17) is 0 Å². The molecule has 124 valence electrons. The molecule has 0 amide bonds. The van der Waals surface area contributed by atoms with E-state index < -0.39 is 16.9 Å². The first-order chi connectivity index (χ1) is 11.5. The summed E-state index contributed by atoms with van der Waals surface area (Å²) < 4.78 is 0. The minimum Gasteiger partial charge on any atom is -0.387 e. The lowest BCUT2D eigenvalue weighted by Crippen LogP contribution is -2.28. The fraction of sp³-hybridized carbons (Fsp3) is 0.278. The van der Waals surface area contributed by atoms with E-state index in [1.54, 1.807) is 0 Å². The largest absolute Gasteiger partial charge is 0.387 e. The molecular weight excluding hydrogens is 306 g/mol. The normalized spacial score (nSPS) is 13.2. The van der Waals surface area contributed by atoms with Crippen molar-refractivity contribution < 1.29 is 10.0 Å². The Labute approximate surface area is 140 Å². The van der Waals surface area contributed by atoms with Crippen molar-refractivity contribution in [3.63, 3.8) is 0 Å². The molecule has 0 saturated heterocycles. The number of nitro benzene ring substituents is 1. The molecule has 0 fully saturated rings. The maximum atomic E-state index is 10.7. The van der Waals surface area contributed by atoms with Gasteiger partial charge in [-0.25, -0.2) is 0 Å². The first kappa shape index (κ1) is 17.6. The summed E-state index contributed by atoms with van der Waals surface area (Å²) in [6, 6.07) is 17.6. The SMILES string of the molecule is CN(Cc1ccccc1)C[C@@H](C#N)[C@@H](O)c1ccc([N+](=O)[O-])cc1. The molecule has 6 heteroatoms. The Bertz CT molecular complexity index is 711. The highest BCUT2D eigenvalue weighted by Gasteiger charge is 2.23. The van der Waals surface area contributed by atoms with Crippen LogP contribution in [-0.4, -0.2) is 28.5 Å². The second kappa shape index (κ2) is 8.20. The third-order valence-electron chi connectivity index (χ3n) is 3.80. The van der Waals surface area contributed by atoms with E-state index in [0.29, 0.717) is 18.7 Å². The van der Waals surface area contributed by atoms with Crippen LogP contribution in [0.25, 0.3) is 0 Å². The average molecular weight is 325 g/mol. The summed E-state index contributed by atoms with van der Waals surface area (Å²) in [4.78, 5) is 12.2. The molecular formula is C18H19N3O3. The Morgan fingerprint density at radius 1 is 1.21 bits per heavy atom. The molecule has 2 rings (SSSR count). The van der Waals surface area contributed by atoms with Gasteiger partial charge in [-0.1, -0.05) is 30.3 Å². The van der Waals surface area contributed by atoms with Crippen molar-refractivity contribution in [3.05, 3.63) is 75.8 Å². The minimum atomic E-state index is -0.992. The number of nitro groups is 1. The lowest BCUT2D eigenvalue weighted by Gasteiger charge is -2.23. The van der Waals surface area contributed by atoms with Crippen LogP contribution in [0.3, 0.4) is 0 Å². The summed E-state index contributed by atoms with van der Waals surface area (Å²) >= 11 is 0. The second-order valence-electron chi connectivity index (χ2n) is 5.71. The van der Waals surface area contributed by atoms with Crippen molar-refractivity contribution in [2.75, 3.05) is 13.6 Å². The average Bonchev–Trinajstić information content (AvgIpc) is 2.60. The van der Waals surface area contributed by atoms with Crippen LogP contribution in [0.15, 0.2) is 54.6 Å². The summed E-state index contributed by atoms with van der Waals surface area (Å²) in [5.41, 5.74) is 1.59. The number of hydrogen-bond donors (Lipinski definition) is 1. The van der Waals surface area contributed by atoms with Crippen molar-refractivity contribution in [1.82, 2.24) is 4.90 Å². The Morgan fingerprint density at radius 3 is 2.38 bits per heavy atom. The van der Waals surface area contributed by atoms with Crippen molar-refractivity contribution >= 4 is 5.69 Å². The molecule has 0 aromatic heterocycles. The van der Waals surface area contributed by atoms with Crippen LogP contribution in [0.1, 0.15) is 17.2 Å². The minimum absolute atomic E-state index is 0.0411. The molecule has 24 heavy (non-hydrogen) atoms. The highest BCUT2D eigenvalue weighted by atomic mass is 16.6. The zero-order chi connectivity index (χ0) is 17.5. The molecule has 0 bridgehead atoms. The van der Waals surface area contributed by atoms with E-state index in [1.165, 1.54) is 24.3 Å². The van der Waals surface area contributed by atoms with Gasteiger partial charge in [-0.2, -0.15) is 5.26 Å². The van der Waals surface area contributed by atoms with Crippen molar-refractivity contribution in [1.29, 1.82) is 5.26 Å². The monoisotopic (exact) mass is 325 g/mol. The van der Waals surface area contributed by atoms with Gasteiger partial charge in [0.1, 0.15) is 0 Å². The first-order valence-corrected chi connectivity index (χ1v) is 7.55. The molecule has 0 saturated carbocycles.